The smallest absolute Gasteiger partial charge is 0.244 e. The number of para-hydroxylation sites is 2. The first kappa shape index (κ1) is 15.5. The highest BCUT2D eigenvalue weighted by molar-refractivity contribution is 5.71. The third-order valence-electron chi connectivity index (χ3n) is 3.45. The summed E-state index contributed by atoms with van der Waals surface area (Å²) in [5.41, 5.74) is 4.97. The van der Waals surface area contributed by atoms with Crippen molar-refractivity contribution in [3.8, 4) is 0 Å². The molecule has 3 rings (SSSR count). The molecule has 112 valence electrons. The predicted octanol–water partition coefficient (Wildman–Crippen LogP) is 1.52. The molecule has 3 aromatic rings. The number of imidazole rings is 1. The zero-order chi connectivity index (χ0) is 15.9. The molecule has 0 spiro atoms. The van der Waals surface area contributed by atoms with Crippen LogP contribution in [-0.4, -0.2) is 11.0 Å². The van der Waals surface area contributed by atoms with Gasteiger partial charge in [0.15, 0.2) is 11.0 Å². The Morgan fingerprint density at radius 2 is 1.82 bits per heavy atom. The summed E-state index contributed by atoms with van der Waals surface area (Å²) in [6, 6.07) is 17.0. The first-order valence-corrected chi connectivity index (χ1v) is 6.90. The molecule has 0 aliphatic carbocycles. The van der Waals surface area contributed by atoms with E-state index in [-0.39, 0.29) is 0 Å². The molecule has 0 radical (unpaired) electrons. The normalized spacial score (nSPS) is 9.86. The van der Waals surface area contributed by atoms with Gasteiger partial charge in [-0.15, -0.1) is 0 Å². The van der Waals surface area contributed by atoms with E-state index in [4.69, 9.17) is 9.90 Å². The number of rotatable bonds is 3. The molecule has 2 aromatic carbocycles. The highest BCUT2D eigenvalue weighted by Gasteiger charge is 2.12. The minimum absolute atomic E-state index is 0.500. The van der Waals surface area contributed by atoms with Crippen molar-refractivity contribution in [3.63, 3.8) is 0 Å². The number of fused-ring (bicyclic) bond motifs is 1. The fraction of sp³-hybridized carbons (Fsp3) is 0.111. The monoisotopic (exact) mass is 294 g/mol. The van der Waals surface area contributed by atoms with Gasteiger partial charge in [-0.2, -0.15) is 0 Å². The Hall–Kier alpha value is -2.88. The zero-order valence-electron chi connectivity index (χ0n) is 12.5. The summed E-state index contributed by atoms with van der Waals surface area (Å²) < 4.78 is 4.44. The molecule has 0 atom stereocenters. The van der Waals surface area contributed by atoms with E-state index >= 15 is 0 Å². The van der Waals surface area contributed by atoms with Gasteiger partial charge in [0.25, 0.3) is 0 Å². The number of hydrogen-bond donors (Lipinski definition) is 0. The largest absolute Gasteiger partial charge is 0.554 e. The van der Waals surface area contributed by atoms with Crippen LogP contribution in [0.5, 0.6) is 0 Å². The van der Waals surface area contributed by atoms with E-state index in [1.165, 1.54) is 16.6 Å². The second-order valence-electron chi connectivity index (χ2n) is 4.88. The lowest BCUT2D eigenvalue weighted by atomic mass is 10.1. The van der Waals surface area contributed by atoms with Crippen molar-refractivity contribution in [2.45, 2.75) is 6.54 Å². The second-order valence-corrected chi connectivity index (χ2v) is 4.88. The van der Waals surface area contributed by atoms with E-state index in [0.29, 0.717) is 0 Å². The number of carboxylic acid groups (broad SMARTS) is 1. The molecule has 0 amide bonds. The van der Waals surface area contributed by atoms with Crippen LogP contribution < -0.4 is 9.67 Å². The molecule has 4 heteroatoms. The first-order valence-electron chi connectivity index (χ1n) is 6.90. The molecule has 0 saturated carbocycles. The zero-order valence-corrected chi connectivity index (χ0v) is 12.5. The number of benzene rings is 2. The fourth-order valence-electron chi connectivity index (χ4n) is 2.42. The highest BCUT2D eigenvalue weighted by atomic mass is 16.3. The van der Waals surface area contributed by atoms with Crippen molar-refractivity contribution >= 4 is 23.6 Å². The average molecular weight is 294 g/mol. The molecule has 0 fully saturated rings. The van der Waals surface area contributed by atoms with E-state index in [0.717, 1.165) is 12.1 Å². The minimum Gasteiger partial charge on any atom is -0.554 e. The van der Waals surface area contributed by atoms with E-state index in [9.17, 15) is 0 Å². The van der Waals surface area contributed by atoms with Crippen molar-refractivity contribution < 1.29 is 14.5 Å². The van der Waals surface area contributed by atoms with Gasteiger partial charge in [0.05, 0.1) is 7.05 Å². The second kappa shape index (κ2) is 7.22. The van der Waals surface area contributed by atoms with Gasteiger partial charge in [-0.25, -0.2) is 9.13 Å². The van der Waals surface area contributed by atoms with Crippen LogP contribution in [-0.2, 0) is 18.4 Å². The lowest BCUT2D eigenvalue weighted by Gasteiger charge is -2.00. The maximum atomic E-state index is 8.25. The molecular formula is C18H18N2O2. The Morgan fingerprint density at radius 3 is 2.45 bits per heavy atom. The molecule has 4 nitrogen and oxygen atoms in total. The maximum Gasteiger partial charge on any atom is 0.244 e. The van der Waals surface area contributed by atoms with Crippen LogP contribution in [0.15, 0.2) is 61.4 Å². The number of carbonyl (C=O) groups excluding carboxylic acids is 1. The van der Waals surface area contributed by atoms with Gasteiger partial charge in [0.2, 0.25) is 6.33 Å². The summed E-state index contributed by atoms with van der Waals surface area (Å²) in [5, 5.41) is 8.25. The van der Waals surface area contributed by atoms with Gasteiger partial charge < -0.3 is 9.90 Å². The standard InChI is InChI=1S/C17H17N2.CH2O2/c1-3-14-8-10-15(11-9-14)12-19-13-18(2)16-6-4-5-7-17(16)19;2-1-3/h3-11,13H,1,12H2,2H3;1H,(H,2,3)/q+1;/p-1. The summed E-state index contributed by atoms with van der Waals surface area (Å²) >= 11 is 0. The van der Waals surface area contributed by atoms with Gasteiger partial charge >= 0.3 is 0 Å². The molecule has 0 bridgehead atoms. The maximum absolute atomic E-state index is 8.25. The fourth-order valence-corrected chi connectivity index (χ4v) is 2.42. The van der Waals surface area contributed by atoms with E-state index in [1.54, 1.807) is 0 Å². The highest BCUT2D eigenvalue weighted by Crippen LogP contribution is 2.11. The molecule has 1 aromatic heterocycles. The third kappa shape index (κ3) is 3.41. The molecule has 0 saturated heterocycles. The number of carbonyl (C=O) groups is 1. The van der Waals surface area contributed by atoms with Gasteiger partial charge in [-0.05, 0) is 23.3 Å². The minimum atomic E-state index is -0.500. The molecule has 0 aliphatic rings. The van der Waals surface area contributed by atoms with E-state index in [2.05, 4.69) is 77.6 Å². The van der Waals surface area contributed by atoms with Gasteiger partial charge in [-0.3, -0.25) is 0 Å². The van der Waals surface area contributed by atoms with Crippen LogP contribution in [0.25, 0.3) is 17.1 Å². The number of aromatic nitrogens is 2. The summed E-state index contributed by atoms with van der Waals surface area (Å²) in [4.78, 5) is 8.25. The number of nitrogens with zero attached hydrogens (tertiary/aromatic N) is 2. The van der Waals surface area contributed by atoms with Crippen LogP contribution in [0.1, 0.15) is 11.1 Å². The number of hydrogen-bond acceptors (Lipinski definition) is 2. The van der Waals surface area contributed by atoms with Crippen LogP contribution >= 0.6 is 0 Å². The molecule has 0 unspecified atom stereocenters. The van der Waals surface area contributed by atoms with Crippen LogP contribution in [0.2, 0.25) is 0 Å². The first-order chi connectivity index (χ1) is 10.7. The average Bonchev–Trinajstić information content (AvgIpc) is 2.86. The molecule has 1 heterocycles. The third-order valence-corrected chi connectivity index (χ3v) is 3.45. The van der Waals surface area contributed by atoms with Crippen LogP contribution in [0.3, 0.4) is 0 Å². The van der Waals surface area contributed by atoms with E-state index < -0.39 is 6.47 Å². The Bertz CT molecular complexity index is 773. The van der Waals surface area contributed by atoms with Crippen LogP contribution in [0, 0.1) is 0 Å². The Kier molecular flexibility index (Phi) is 5.09. The topological polar surface area (TPSA) is 48.9 Å². The Morgan fingerprint density at radius 1 is 1.18 bits per heavy atom. The summed E-state index contributed by atoms with van der Waals surface area (Å²) in [7, 11) is 2.08. The summed E-state index contributed by atoms with van der Waals surface area (Å²) in [6.45, 7) is 4.17. The van der Waals surface area contributed by atoms with Crippen molar-refractivity contribution in [2.75, 3.05) is 0 Å². The quantitative estimate of drug-likeness (QED) is 0.543. The van der Waals surface area contributed by atoms with Crippen molar-refractivity contribution in [2.24, 2.45) is 7.05 Å². The Labute approximate surface area is 129 Å². The van der Waals surface area contributed by atoms with Gasteiger partial charge in [0, 0.05) is 6.47 Å². The molecule has 0 aliphatic heterocycles. The van der Waals surface area contributed by atoms with Crippen molar-refractivity contribution in [1.29, 1.82) is 0 Å². The lowest BCUT2D eigenvalue weighted by Crippen LogP contribution is -2.32. The number of aryl methyl sites for hydroxylation is 1. The van der Waals surface area contributed by atoms with Gasteiger partial charge in [0.1, 0.15) is 6.54 Å². The molecular weight excluding hydrogens is 276 g/mol. The van der Waals surface area contributed by atoms with E-state index in [1.807, 2.05) is 6.08 Å². The molecule has 22 heavy (non-hydrogen) atoms. The molecule has 0 N–H and O–H groups in total. The van der Waals surface area contributed by atoms with Crippen LogP contribution in [0.4, 0.5) is 0 Å². The van der Waals surface area contributed by atoms with Crippen molar-refractivity contribution in [3.05, 3.63) is 72.6 Å². The summed E-state index contributed by atoms with van der Waals surface area (Å²) in [6.07, 6.45) is 4.01. The Balaban J connectivity index is 0.000000545. The van der Waals surface area contributed by atoms with Gasteiger partial charge in [-0.1, -0.05) is 49.1 Å². The lowest BCUT2D eigenvalue weighted by molar-refractivity contribution is -0.663. The predicted molar refractivity (Wildman–Crippen MR) is 84.8 cm³/mol. The SMILES string of the molecule is C=Cc1ccc(C[n+]2cn(C)c3ccccc32)cc1.O=C[O-]. The summed E-state index contributed by atoms with van der Waals surface area (Å²) in [5.74, 6) is 0. The van der Waals surface area contributed by atoms with Crippen molar-refractivity contribution in [1.82, 2.24) is 4.57 Å².